The van der Waals surface area contributed by atoms with Crippen molar-refractivity contribution in [2.24, 2.45) is 0 Å². The number of hydrogen-bond donors (Lipinski definition) is 0. The summed E-state index contributed by atoms with van der Waals surface area (Å²) in [6, 6.07) is 10.4. The number of likely N-dealkylation sites (tertiary alicyclic amines) is 1. The van der Waals surface area contributed by atoms with Crippen molar-refractivity contribution in [3.8, 4) is 11.3 Å². The fourth-order valence-electron chi connectivity index (χ4n) is 4.03. The molecule has 0 spiro atoms. The first kappa shape index (κ1) is 16.8. The summed E-state index contributed by atoms with van der Waals surface area (Å²) >= 11 is 0. The van der Waals surface area contributed by atoms with E-state index in [1.165, 1.54) is 17.5 Å². The van der Waals surface area contributed by atoms with Crippen LogP contribution in [-0.2, 0) is 0 Å². The molecule has 3 aromatic rings. The van der Waals surface area contributed by atoms with E-state index in [4.69, 9.17) is 4.98 Å². The Bertz CT molecular complexity index is 960. The van der Waals surface area contributed by atoms with Crippen molar-refractivity contribution in [3.63, 3.8) is 0 Å². The van der Waals surface area contributed by atoms with E-state index in [2.05, 4.69) is 36.4 Å². The first-order chi connectivity index (χ1) is 12.5. The molecule has 1 aromatic carbocycles. The second kappa shape index (κ2) is 6.60. The van der Waals surface area contributed by atoms with Gasteiger partial charge in [0.1, 0.15) is 5.65 Å². The van der Waals surface area contributed by atoms with Crippen molar-refractivity contribution >= 4 is 11.6 Å². The number of pyridine rings is 1. The zero-order chi connectivity index (χ0) is 18.3. The van der Waals surface area contributed by atoms with Gasteiger partial charge in [0, 0.05) is 24.8 Å². The van der Waals surface area contributed by atoms with Crippen molar-refractivity contribution in [3.05, 3.63) is 58.9 Å². The van der Waals surface area contributed by atoms with E-state index < -0.39 is 0 Å². The molecule has 0 radical (unpaired) electrons. The number of aromatic nitrogens is 2. The highest BCUT2D eigenvalue weighted by Gasteiger charge is 2.20. The SMILES string of the molecule is Cc1cc(C)cc(-c2c(C)nc3ccc(C(=O)N4CCCCC4)cn23)c1. The quantitative estimate of drug-likeness (QED) is 0.682. The molecule has 134 valence electrons. The molecular weight excluding hydrogens is 322 g/mol. The van der Waals surface area contributed by atoms with Gasteiger partial charge in [-0.2, -0.15) is 0 Å². The predicted octanol–water partition coefficient (Wildman–Crippen LogP) is 4.55. The molecule has 26 heavy (non-hydrogen) atoms. The lowest BCUT2D eigenvalue weighted by Crippen LogP contribution is -2.35. The monoisotopic (exact) mass is 347 g/mol. The first-order valence-corrected chi connectivity index (χ1v) is 9.39. The number of rotatable bonds is 2. The molecule has 1 aliphatic rings. The van der Waals surface area contributed by atoms with Crippen LogP contribution in [0, 0.1) is 20.8 Å². The molecule has 1 fully saturated rings. The molecule has 3 heterocycles. The van der Waals surface area contributed by atoms with Gasteiger partial charge in [0.25, 0.3) is 5.91 Å². The summed E-state index contributed by atoms with van der Waals surface area (Å²) in [5, 5.41) is 0. The molecule has 4 nitrogen and oxygen atoms in total. The number of aryl methyl sites for hydroxylation is 3. The van der Waals surface area contributed by atoms with E-state index >= 15 is 0 Å². The minimum absolute atomic E-state index is 0.129. The van der Waals surface area contributed by atoms with Gasteiger partial charge in [-0.15, -0.1) is 0 Å². The predicted molar refractivity (Wildman–Crippen MR) is 105 cm³/mol. The number of fused-ring (bicyclic) bond motifs is 1. The van der Waals surface area contributed by atoms with Gasteiger partial charge in [0.2, 0.25) is 0 Å². The minimum Gasteiger partial charge on any atom is -0.339 e. The third-order valence-corrected chi connectivity index (χ3v) is 5.18. The fourth-order valence-corrected chi connectivity index (χ4v) is 4.03. The van der Waals surface area contributed by atoms with E-state index in [0.717, 1.165) is 54.1 Å². The highest BCUT2D eigenvalue weighted by atomic mass is 16.2. The van der Waals surface area contributed by atoms with Crippen LogP contribution in [-0.4, -0.2) is 33.3 Å². The lowest BCUT2D eigenvalue weighted by atomic mass is 10.0. The molecule has 0 aliphatic carbocycles. The van der Waals surface area contributed by atoms with Crippen molar-refractivity contribution in [1.82, 2.24) is 14.3 Å². The number of amides is 1. The van der Waals surface area contributed by atoms with Gasteiger partial charge < -0.3 is 4.90 Å². The van der Waals surface area contributed by atoms with E-state index in [1.54, 1.807) is 0 Å². The topological polar surface area (TPSA) is 37.6 Å². The molecule has 1 aliphatic heterocycles. The summed E-state index contributed by atoms with van der Waals surface area (Å²) in [5.41, 5.74) is 7.28. The zero-order valence-corrected chi connectivity index (χ0v) is 15.7. The molecule has 0 N–H and O–H groups in total. The molecule has 2 aromatic heterocycles. The Hall–Kier alpha value is -2.62. The lowest BCUT2D eigenvalue weighted by molar-refractivity contribution is 0.0724. The minimum atomic E-state index is 0.129. The van der Waals surface area contributed by atoms with E-state index in [9.17, 15) is 4.79 Å². The molecule has 0 atom stereocenters. The molecular formula is C22H25N3O. The summed E-state index contributed by atoms with van der Waals surface area (Å²) in [6.07, 6.45) is 5.39. The number of carbonyl (C=O) groups is 1. The van der Waals surface area contributed by atoms with Crippen LogP contribution in [0.25, 0.3) is 16.9 Å². The molecule has 0 bridgehead atoms. The highest BCUT2D eigenvalue weighted by molar-refractivity contribution is 5.94. The number of piperidine rings is 1. The smallest absolute Gasteiger partial charge is 0.255 e. The van der Waals surface area contributed by atoms with E-state index in [1.807, 2.05) is 30.2 Å². The number of nitrogens with zero attached hydrogens (tertiary/aromatic N) is 3. The van der Waals surface area contributed by atoms with Crippen LogP contribution in [0.5, 0.6) is 0 Å². The van der Waals surface area contributed by atoms with Gasteiger partial charge in [0.05, 0.1) is 17.0 Å². The van der Waals surface area contributed by atoms with Crippen LogP contribution in [0.1, 0.15) is 46.4 Å². The van der Waals surface area contributed by atoms with Crippen LogP contribution >= 0.6 is 0 Å². The Morgan fingerprint density at radius 2 is 1.65 bits per heavy atom. The Morgan fingerprint density at radius 3 is 2.35 bits per heavy atom. The molecule has 0 unspecified atom stereocenters. The van der Waals surface area contributed by atoms with Crippen LogP contribution in [0.3, 0.4) is 0 Å². The summed E-state index contributed by atoms with van der Waals surface area (Å²) in [4.78, 5) is 19.6. The molecule has 4 heteroatoms. The average Bonchev–Trinajstić information content (AvgIpc) is 2.96. The third-order valence-electron chi connectivity index (χ3n) is 5.18. The standard InChI is InChI=1S/C22H25N3O/c1-15-11-16(2)13-19(12-15)21-17(3)23-20-8-7-18(14-25(20)21)22(26)24-9-5-4-6-10-24/h7-8,11-14H,4-6,9-10H2,1-3H3. The third kappa shape index (κ3) is 3.00. The van der Waals surface area contributed by atoms with E-state index in [0.29, 0.717) is 0 Å². The average molecular weight is 347 g/mol. The lowest BCUT2D eigenvalue weighted by Gasteiger charge is -2.26. The number of hydrogen-bond acceptors (Lipinski definition) is 2. The normalized spacial score (nSPS) is 14.8. The van der Waals surface area contributed by atoms with Crippen molar-refractivity contribution < 1.29 is 4.79 Å². The van der Waals surface area contributed by atoms with E-state index in [-0.39, 0.29) is 5.91 Å². The number of carbonyl (C=O) groups excluding carboxylic acids is 1. The maximum Gasteiger partial charge on any atom is 0.255 e. The van der Waals surface area contributed by atoms with Gasteiger partial charge in [-0.05, 0) is 64.3 Å². The van der Waals surface area contributed by atoms with Gasteiger partial charge >= 0.3 is 0 Å². The summed E-state index contributed by atoms with van der Waals surface area (Å²) in [5.74, 6) is 0.129. The Kier molecular flexibility index (Phi) is 4.27. The van der Waals surface area contributed by atoms with Crippen LogP contribution in [0.15, 0.2) is 36.5 Å². The summed E-state index contributed by atoms with van der Waals surface area (Å²) < 4.78 is 2.07. The summed E-state index contributed by atoms with van der Waals surface area (Å²) in [6.45, 7) is 7.99. The highest BCUT2D eigenvalue weighted by Crippen LogP contribution is 2.27. The fraction of sp³-hybridized carbons (Fsp3) is 0.364. The maximum absolute atomic E-state index is 12.9. The second-order valence-electron chi connectivity index (χ2n) is 7.42. The number of benzene rings is 1. The van der Waals surface area contributed by atoms with Crippen molar-refractivity contribution in [2.45, 2.75) is 40.0 Å². The zero-order valence-electron chi connectivity index (χ0n) is 15.7. The van der Waals surface area contributed by atoms with Gasteiger partial charge in [-0.25, -0.2) is 4.98 Å². The Balaban J connectivity index is 1.81. The van der Waals surface area contributed by atoms with Crippen LogP contribution in [0.4, 0.5) is 0 Å². The Labute approximate surface area is 154 Å². The van der Waals surface area contributed by atoms with Gasteiger partial charge in [-0.3, -0.25) is 9.20 Å². The number of imidazole rings is 1. The second-order valence-corrected chi connectivity index (χ2v) is 7.42. The van der Waals surface area contributed by atoms with Crippen molar-refractivity contribution in [1.29, 1.82) is 0 Å². The Morgan fingerprint density at radius 1 is 0.962 bits per heavy atom. The van der Waals surface area contributed by atoms with Gasteiger partial charge in [-0.1, -0.05) is 17.2 Å². The largest absolute Gasteiger partial charge is 0.339 e. The van der Waals surface area contributed by atoms with Crippen LogP contribution in [0.2, 0.25) is 0 Å². The van der Waals surface area contributed by atoms with Crippen molar-refractivity contribution in [2.75, 3.05) is 13.1 Å². The molecule has 0 saturated carbocycles. The van der Waals surface area contributed by atoms with Gasteiger partial charge in [0.15, 0.2) is 0 Å². The maximum atomic E-state index is 12.9. The molecule has 1 amide bonds. The molecule has 4 rings (SSSR count). The molecule has 1 saturated heterocycles. The first-order valence-electron chi connectivity index (χ1n) is 9.39. The summed E-state index contributed by atoms with van der Waals surface area (Å²) in [7, 11) is 0. The van der Waals surface area contributed by atoms with Crippen LogP contribution < -0.4 is 0 Å².